The molecule has 1 aromatic rings. The molecule has 3 nitrogen and oxygen atoms in total. The molecule has 0 fully saturated rings. The van der Waals surface area contributed by atoms with Crippen molar-refractivity contribution in [3.05, 3.63) is 35.9 Å². The van der Waals surface area contributed by atoms with E-state index in [0.717, 1.165) is 5.56 Å². The minimum Gasteiger partial charge on any atom is -0.393 e. The highest BCUT2D eigenvalue weighted by molar-refractivity contribution is 7.81. The number of aliphatic hydroxyl groups is 1. The van der Waals surface area contributed by atoms with E-state index in [0.29, 0.717) is 25.8 Å². The SMILES string of the molecule is CCC(O)CCNC(=O)C(S)Cc1ccccc1. The molecule has 0 aliphatic rings. The largest absolute Gasteiger partial charge is 0.393 e. The highest BCUT2D eigenvalue weighted by Crippen LogP contribution is 2.07. The second-order valence-corrected chi connectivity index (χ2v) is 4.97. The fourth-order valence-corrected chi connectivity index (χ4v) is 1.92. The van der Waals surface area contributed by atoms with Crippen LogP contribution in [0.2, 0.25) is 0 Å². The monoisotopic (exact) mass is 267 g/mol. The number of hydrogen-bond acceptors (Lipinski definition) is 3. The first-order valence-corrected chi connectivity index (χ1v) is 6.83. The van der Waals surface area contributed by atoms with Crippen molar-refractivity contribution in [1.29, 1.82) is 0 Å². The fourth-order valence-electron chi connectivity index (χ4n) is 1.61. The zero-order valence-corrected chi connectivity index (χ0v) is 11.6. The number of benzene rings is 1. The summed E-state index contributed by atoms with van der Waals surface area (Å²) < 4.78 is 0. The summed E-state index contributed by atoms with van der Waals surface area (Å²) in [7, 11) is 0. The van der Waals surface area contributed by atoms with Crippen molar-refractivity contribution in [2.24, 2.45) is 0 Å². The predicted molar refractivity (Wildman–Crippen MR) is 76.8 cm³/mol. The van der Waals surface area contributed by atoms with Crippen LogP contribution >= 0.6 is 12.6 Å². The summed E-state index contributed by atoms with van der Waals surface area (Å²) in [5, 5.41) is 11.8. The van der Waals surface area contributed by atoms with E-state index >= 15 is 0 Å². The van der Waals surface area contributed by atoms with Gasteiger partial charge in [0.15, 0.2) is 0 Å². The Hall–Kier alpha value is -1.00. The van der Waals surface area contributed by atoms with Gasteiger partial charge in [0.2, 0.25) is 5.91 Å². The van der Waals surface area contributed by atoms with E-state index in [9.17, 15) is 9.90 Å². The second kappa shape index (κ2) is 8.16. The summed E-state index contributed by atoms with van der Waals surface area (Å²) in [4.78, 5) is 11.7. The van der Waals surface area contributed by atoms with Crippen LogP contribution in [0.1, 0.15) is 25.3 Å². The van der Waals surface area contributed by atoms with Gasteiger partial charge in [0.1, 0.15) is 0 Å². The number of nitrogens with one attached hydrogen (secondary N) is 1. The smallest absolute Gasteiger partial charge is 0.233 e. The fraction of sp³-hybridized carbons (Fsp3) is 0.500. The van der Waals surface area contributed by atoms with Crippen LogP contribution in [0.3, 0.4) is 0 Å². The molecular weight excluding hydrogens is 246 g/mol. The van der Waals surface area contributed by atoms with Crippen LogP contribution in [0.25, 0.3) is 0 Å². The first-order chi connectivity index (χ1) is 8.63. The molecule has 0 spiro atoms. The Labute approximate surface area is 114 Å². The van der Waals surface area contributed by atoms with Gasteiger partial charge in [0, 0.05) is 6.54 Å². The van der Waals surface area contributed by atoms with Crippen LogP contribution in [0.4, 0.5) is 0 Å². The van der Waals surface area contributed by atoms with Crippen LogP contribution in [0.5, 0.6) is 0 Å². The second-order valence-electron chi connectivity index (χ2n) is 4.35. The van der Waals surface area contributed by atoms with Crippen LogP contribution in [0.15, 0.2) is 30.3 Å². The lowest BCUT2D eigenvalue weighted by molar-refractivity contribution is -0.120. The highest BCUT2D eigenvalue weighted by atomic mass is 32.1. The number of hydrogen-bond donors (Lipinski definition) is 3. The molecule has 1 rings (SSSR count). The topological polar surface area (TPSA) is 49.3 Å². The van der Waals surface area contributed by atoms with Gasteiger partial charge in [-0.25, -0.2) is 0 Å². The molecule has 0 aliphatic heterocycles. The number of carbonyl (C=O) groups is 1. The number of aliphatic hydroxyl groups excluding tert-OH is 1. The lowest BCUT2D eigenvalue weighted by Crippen LogP contribution is -2.34. The van der Waals surface area contributed by atoms with Crippen molar-refractivity contribution in [2.45, 2.75) is 37.5 Å². The maximum atomic E-state index is 11.7. The van der Waals surface area contributed by atoms with E-state index in [4.69, 9.17) is 0 Å². The summed E-state index contributed by atoms with van der Waals surface area (Å²) in [5.41, 5.74) is 1.10. The van der Waals surface area contributed by atoms with Gasteiger partial charge in [0.25, 0.3) is 0 Å². The van der Waals surface area contributed by atoms with Crippen molar-refractivity contribution < 1.29 is 9.90 Å². The molecule has 4 heteroatoms. The average molecular weight is 267 g/mol. The minimum absolute atomic E-state index is 0.0783. The highest BCUT2D eigenvalue weighted by Gasteiger charge is 2.14. The zero-order chi connectivity index (χ0) is 13.4. The molecule has 0 saturated heterocycles. The minimum atomic E-state index is -0.342. The van der Waals surface area contributed by atoms with Crippen molar-refractivity contribution in [3.8, 4) is 0 Å². The van der Waals surface area contributed by atoms with Crippen molar-refractivity contribution in [1.82, 2.24) is 5.32 Å². The van der Waals surface area contributed by atoms with Crippen LogP contribution in [0, 0.1) is 0 Å². The van der Waals surface area contributed by atoms with Crippen molar-refractivity contribution >= 4 is 18.5 Å². The van der Waals surface area contributed by atoms with E-state index in [-0.39, 0.29) is 17.3 Å². The number of thiol groups is 1. The van der Waals surface area contributed by atoms with Gasteiger partial charge < -0.3 is 10.4 Å². The van der Waals surface area contributed by atoms with E-state index in [1.165, 1.54) is 0 Å². The third-order valence-corrected chi connectivity index (χ3v) is 3.24. The summed E-state index contributed by atoms with van der Waals surface area (Å²) in [6.07, 6.45) is 1.59. The zero-order valence-electron chi connectivity index (χ0n) is 10.7. The van der Waals surface area contributed by atoms with Gasteiger partial charge in [-0.1, -0.05) is 37.3 Å². The molecule has 0 bridgehead atoms. The Morgan fingerprint density at radius 2 is 2.06 bits per heavy atom. The molecule has 0 saturated carbocycles. The third kappa shape index (κ3) is 5.56. The molecule has 2 unspecified atom stereocenters. The average Bonchev–Trinajstić information content (AvgIpc) is 2.39. The van der Waals surface area contributed by atoms with Crippen molar-refractivity contribution in [2.75, 3.05) is 6.54 Å². The first kappa shape index (κ1) is 15.1. The normalized spacial score (nSPS) is 13.9. The molecule has 100 valence electrons. The van der Waals surface area contributed by atoms with E-state index in [1.807, 2.05) is 37.3 Å². The van der Waals surface area contributed by atoms with Crippen molar-refractivity contribution in [3.63, 3.8) is 0 Å². The van der Waals surface area contributed by atoms with E-state index in [1.54, 1.807) is 0 Å². The predicted octanol–water partition coefficient (Wildman–Crippen LogP) is 1.80. The molecular formula is C14H21NO2S. The molecule has 1 aromatic carbocycles. The molecule has 2 atom stereocenters. The van der Waals surface area contributed by atoms with E-state index < -0.39 is 0 Å². The van der Waals surface area contributed by atoms with Gasteiger partial charge in [-0.2, -0.15) is 12.6 Å². The number of carbonyl (C=O) groups excluding carboxylic acids is 1. The summed E-state index contributed by atoms with van der Waals surface area (Å²) in [6, 6.07) is 9.81. The molecule has 0 aliphatic carbocycles. The molecule has 0 aromatic heterocycles. The Kier molecular flexibility index (Phi) is 6.83. The Morgan fingerprint density at radius 1 is 1.39 bits per heavy atom. The lowest BCUT2D eigenvalue weighted by atomic mass is 10.1. The molecule has 2 N–H and O–H groups in total. The van der Waals surface area contributed by atoms with Gasteiger partial charge >= 0.3 is 0 Å². The third-order valence-electron chi connectivity index (χ3n) is 2.82. The Balaban J connectivity index is 2.29. The Bertz CT molecular complexity index is 356. The lowest BCUT2D eigenvalue weighted by Gasteiger charge is -2.13. The summed E-state index contributed by atoms with van der Waals surface area (Å²) >= 11 is 4.31. The van der Waals surface area contributed by atoms with E-state index in [2.05, 4.69) is 17.9 Å². The Morgan fingerprint density at radius 3 is 2.67 bits per heavy atom. The number of amides is 1. The number of rotatable bonds is 7. The quantitative estimate of drug-likeness (QED) is 0.660. The van der Waals surface area contributed by atoms with Gasteiger partial charge in [-0.15, -0.1) is 0 Å². The van der Waals surface area contributed by atoms with Crippen LogP contribution in [-0.4, -0.2) is 28.9 Å². The molecule has 0 heterocycles. The van der Waals surface area contributed by atoms with Gasteiger partial charge in [-0.05, 0) is 24.8 Å². The van der Waals surface area contributed by atoms with Gasteiger partial charge in [0.05, 0.1) is 11.4 Å². The summed E-state index contributed by atoms with van der Waals surface area (Å²) in [5.74, 6) is -0.0783. The van der Waals surface area contributed by atoms with Gasteiger partial charge in [-0.3, -0.25) is 4.79 Å². The maximum Gasteiger partial charge on any atom is 0.233 e. The maximum absolute atomic E-state index is 11.7. The van der Waals surface area contributed by atoms with Crippen LogP contribution in [-0.2, 0) is 11.2 Å². The first-order valence-electron chi connectivity index (χ1n) is 6.31. The van der Waals surface area contributed by atoms with Crippen LogP contribution < -0.4 is 5.32 Å². The summed E-state index contributed by atoms with van der Waals surface area (Å²) in [6.45, 7) is 2.42. The molecule has 0 radical (unpaired) electrons. The molecule has 18 heavy (non-hydrogen) atoms. The standard InChI is InChI=1S/C14H21NO2S/c1-2-12(16)8-9-15-14(17)13(18)10-11-6-4-3-5-7-11/h3-7,12-13,16,18H,2,8-10H2,1H3,(H,15,17). The molecule has 1 amide bonds.